The fourth-order valence-corrected chi connectivity index (χ4v) is 2.62. The number of aromatic carboxylic acids is 1. The van der Waals surface area contributed by atoms with Crippen LogP contribution in [0.15, 0.2) is 18.2 Å². The molecule has 1 aromatic carbocycles. The lowest BCUT2D eigenvalue weighted by atomic mass is 10.1. The molecule has 106 valence electrons. The molecule has 0 aliphatic heterocycles. The Morgan fingerprint density at radius 3 is 2.32 bits per heavy atom. The van der Waals surface area contributed by atoms with Gasteiger partial charge in [0, 0.05) is 5.54 Å². The third kappa shape index (κ3) is 4.84. The second-order valence-electron chi connectivity index (χ2n) is 4.96. The minimum absolute atomic E-state index is 0.260. The molecule has 0 spiro atoms. The first kappa shape index (κ1) is 15.4. The Kier molecular flexibility index (Phi) is 4.16. The molecule has 0 saturated carbocycles. The van der Waals surface area contributed by atoms with Gasteiger partial charge in [-0.1, -0.05) is 0 Å². The lowest BCUT2D eigenvalue weighted by molar-refractivity contribution is 0.0696. The summed E-state index contributed by atoms with van der Waals surface area (Å²) in [7, 11) is -3.94. The van der Waals surface area contributed by atoms with Crippen molar-refractivity contribution in [3.8, 4) is 0 Å². The lowest BCUT2D eigenvalue weighted by Crippen LogP contribution is -2.43. The van der Waals surface area contributed by atoms with Gasteiger partial charge in [0.05, 0.1) is 11.3 Å². The number of benzene rings is 1. The highest BCUT2D eigenvalue weighted by molar-refractivity contribution is 7.90. The van der Waals surface area contributed by atoms with E-state index in [9.17, 15) is 17.6 Å². The normalized spacial score (nSPS) is 12.2. The fraction of sp³-hybridized carbons (Fsp3) is 0.364. The van der Waals surface area contributed by atoms with Gasteiger partial charge in [0.1, 0.15) is 5.82 Å². The fourth-order valence-electron chi connectivity index (χ4n) is 1.30. The van der Waals surface area contributed by atoms with E-state index in [2.05, 4.69) is 4.72 Å². The molecule has 0 atom stereocenters. The van der Waals surface area contributed by atoms with Gasteiger partial charge in [-0.15, -0.1) is 0 Å². The van der Waals surface area contributed by atoms with Crippen LogP contribution in [0.1, 0.15) is 31.1 Å². The Balaban J connectivity index is 2.98. The quantitative estimate of drug-likeness (QED) is 0.784. The molecule has 0 aromatic heterocycles. The highest BCUT2D eigenvalue weighted by atomic mass is 32.2. The zero-order valence-electron chi connectivity index (χ0n) is 10.7. The van der Waals surface area contributed by atoms with Crippen LogP contribution >= 0.6 is 0 Å². The van der Waals surface area contributed by atoms with Crippen LogP contribution in [0.25, 0.3) is 0 Å². The predicted octanol–water partition coefficient (Wildman–Crippen LogP) is 1.57. The predicted molar refractivity (Wildman–Crippen MR) is 68.8 cm³/mol. The molecule has 1 aromatic rings. The summed E-state index contributed by atoms with van der Waals surface area (Å²) >= 11 is 0. The van der Waals surface area contributed by atoms with Crippen molar-refractivity contribution in [1.82, 2.24) is 4.72 Å². The molecule has 0 heterocycles. The van der Waals surface area contributed by atoms with E-state index in [0.29, 0.717) is 0 Å². The zero-order chi connectivity index (χ0) is 14.8. The molecule has 0 fully saturated rings. The first-order valence-electron chi connectivity index (χ1n) is 5.35. The van der Waals surface area contributed by atoms with E-state index in [1.807, 2.05) is 4.72 Å². The molecule has 1 rings (SSSR count). The van der Waals surface area contributed by atoms with Crippen LogP contribution in [0.3, 0.4) is 0 Å². The number of rotatable bonds is 4. The van der Waals surface area contributed by atoms with Gasteiger partial charge in [-0.2, -0.15) is 13.1 Å². The number of nitrogens with one attached hydrogen (secondary N) is 2. The first-order valence-corrected chi connectivity index (χ1v) is 6.83. The summed E-state index contributed by atoms with van der Waals surface area (Å²) in [6.07, 6.45) is 0. The molecule has 0 saturated heterocycles. The Morgan fingerprint density at radius 2 is 1.89 bits per heavy atom. The van der Waals surface area contributed by atoms with Crippen molar-refractivity contribution in [2.24, 2.45) is 0 Å². The lowest BCUT2D eigenvalue weighted by Gasteiger charge is -2.21. The molecular formula is C11H15FN2O4S. The van der Waals surface area contributed by atoms with Crippen LogP contribution in [0.4, 0.5) is 10.1 Å². The maximum Gasteiger partial charge on any atom is 0.335 e. The Morgan fingerprint density at radius 1 is 1.32 bits per heavy atom. The maximum absolute atomic E-state index is 13.6. The van der Waals surface area contributed by atoms with Crippen molar-refractivity contribution in [2.45, 2.75) is 26.3 Å². The number of carboxylic acid groups (broad SMARTS) is 1. The summed E-state index contributed by atoms with van der Waals surface area (Å²) < 4.78 is 41.2. The van der Waals surface area contributed by atoms with Gasteiger partial charge < -0.3 is 5.11 Å². The molecule has 0 aliphatic rings. The molecule has 0 aliphatic carbocycles. The van der Waals surface area contributed by atoms with Crippen LogP contribution in [-0.2, 0) is 10.2 Å². The number of carboxylic acids is 1. The molecule has 19 heavy (non-hydrogen) atoms. The summed E-state index contributed by atoms with van der Waals surface area (Å²) in [6, 6.07) is 2.91. The van der Waals surface area contributed by atoms with Gasteiger partial charge in [0.15, 0.2) is 0 Å². The summed E-state index contributed by atoms with van der Waals surface area (Å²) in [6.45, 7) is 4.91. The maximum atomic E-state index is 13.6. The Bertz CT molecular complexity index is 593. The van der Waals surface area contributed by atoms with Gasteiger partial charge in [0.25, 0.3) is 10.2 Å². The molecule has 0 unspecified atom stereocenters. The van der Waals surface area contributed by atoms with Crippen molar-refractivity contribution in [1.29, 1.82) is 0 Å². The van der Waals surface area contributed by atoms with Gasteiger partial charge in [0.2, 0.25) is 0 Å². The van der Waals surface area contributed by atoms with Crippen LogP contribution in [0, 0.1) is 5.82 Å². The van der Waals surface area contributed by atoms with Crippen molar-refractivity contribution in [3.63, 3.8) is 0 Å². The Hall–Kier alpha value is -1.67. The average molecular weight is 290 g/mol. The molecule has 3 N–H and O–H groups in total. The molecule has 0 bridgehead atoms. The van der Waals surface area contributed by atoms with E-state index >= 15 is 0 Å². The second kappa shape index (κ2) is 5.14. The van der Waals surface area contributed by atoms with E-state index in [1.54, 1.807) is 20.8 Å². The van der Waals surface area contributed by atoms with Gasteiger partial charge in [-0.05, 0) is 39.0 Å². The second-order valence-corrected chi connectivity index (χ2v) is 6.37. The number of carbonyl (C=O) groups is 1. The van der Waals surface area contributed by atoms with Crippen molar-refractivity contribution in [2.75, 3.05) is 4.72 Å². The third-order valence-electron chi connectivity index (χ3n) is 1.90. The van der Waals surface area contributed by atoms with Gasteiger partial charge >= 0.3 is 5.97 Å². The zero-order valence-corrected chi connectivity index (χ0v) is 11.5. The standard InChI is InChI=1S/C11H15FN2O4S/c1-11(2,3)14-19(17,18)13-9-5-4-7(10(15)16)6-8(9)12/h4-6,13-14H,1-3H3,(H,15,16). The summed E-state index contributed by atoms with van der Waals surface area (Å²) in [5.41, 5.74) is -1.30. The first-order chi connectivity index (χ1) is 8.50. The smallest absolute Gasteiger partial charge is 0.335 e. The largest absolute Gasteiger partial charge is 0.478 e. The van der Waals surface area contributed by atoms with Crippen LogP contribution in [0.2, 0.25) is 0 Å². The van der Waals surface area contributed by atoms with E-state index in [4.69, 9.17) is 5.11 Å². The van der Waals surface area contributed by atoms with E-state index in [1.165, 1.54) is 0 Å². The topological polar surface area (TPSA) is 95.5 Å². The van der Waals surface area contributed by atoms with Crippen LogP contribution < -0.4 is 9.44 Å². The molecule has 0 radical (unpaired) electrons. The highest BCUT2D eigenvalue weighted by Crippen LogP contribution is 2.17. The molecule has 8 heteroatoms. The number of anilines is 1. The number of halogens is 1. The third-order valence-corrected chi connectivity index (χ3v) is 3.27. The minimum atomic E-state index is -3.94. The monoisotopic (exact) mass is 290 g/mol. The minimum Gasteiger partial charge on any atom is -0.478 e. The van der Waals surface area contributed by atoms with E-state index in [0.717, 1.165) is 18.2 Å². The SMILES string of the molecule is CC(C)(C)NS(=O)(=O)Nc1ccc(C(=O)O)cc1F. The van der Waals surface area contributed by atoms with Crippen LogP contribution in [-0.4, -0.2) is 25.0 Å². The number of hydrogen-bond acceptors (Lipinski definition) is 3. The van der Waals surface area contributed by atoms with Gasteiger partial charge in [-0.3, -0.25) is 4.72 Å². The van der Waals surface area contributed by atoms with Crippen molar-refractivity contribution in [3.05, 3.63) is 29.6 Å². The van der Waals surface area contributed by atoms with E-state index < -0.39 is 27.5 Å². The van der Waals surface area contributed by atoms with Crippen LogP contribution in [0.5, 0.6) is 0 Å². The van der Waals surface area contributed by atoms with Crippen molar-refractivity contribution < 1.29 is 22.7 Å². The highest BCUT2D eigenvalue weighted by Gasteiger charge is 2.21. The Labute approximate surface area is 110 Å². The summed E-state index contributed by atoms with van der Waals surface area (Å²) in [5.74, 6) is -2.25. The van der Waals surface area contributed by atoms with Crippen molar-refractivity contribution >= 4 is 21.9 Å². The molecule has 6 nitrogen and oxygen atoms in total. The molecule has 0 amide bonds. The summed E-state index contributed by atoms with van der Waals surface area (Å²) in [5, 5.41) is 8.67. The van der Waals surface area contributed by atoms with Gasteiger partial charge in [-0.25, -0.2) is 9.18 Å². The average Bonchev–Trinajstić information content (AvgIpc) is 2.16. The summed E-state index contributed by atoms with van der Waals surface area (Å²) in [4.78, 5) is 10.6. The number of hydrogen-bond donors (Lipinski definition) is 3. The van der Waals surface area contributed by atoms with E-state index in [-0.39, 0.29) is 11.3 Å². The molecular weight excluding hydrogens is 275 g/mol.